The Labute approximate surface area is 235 Å². The normalized spacial score (nSPS) is 21.0. The number of aromatic nitrogens is 3. The molecule has 0 spiro atoms. The first-order chi connectivity index (χ1) is 19.1. The van der Waals surface area contributed by atoms with E-state index in [2.05, 4.69) is 20.1 Å². The number of thiazole rings is 1. The third-order valence-corrected chi connectivity index (χ3v) is 9.70. The highest BCUT2D eigenvalue weighted by Crippen LogP contribution is 2.46. The predicted molar refractivity (Wildman–Crippen MR) is 142 cm³/mol. The molecule has 2 amide bonds. The predicted octanol–water partition coefficient (Wildman–Crippen LogP) is 4.31. The van der Waals surface area contributed by atoms with Crippen LogP contribution in [-0.2, 0) is 10.0 Å². The van der Waals surface area contributed by atoms with Crippen LogP contribution in [0.3, 0.4) is 0 Å². The number of aliphatic imine (C=N–C) groups is 1. The molecule has 210 valence electrons. The molecule has 2 aromatic heterocycles. The van der Waals surface area contributed by atoms with Crippen molar-refractivity contribution in [1.82, 2.24) is 29.7 Å². The van der Waals surface area contributed by atoms with Crippen LogP contribution in [0.25, 0.3) is 5.57 Å². The number of sulfonamides is 1. The van der Waals surface area contributed by atoms with Gasteiger partial charge in [0.1, 0.15) is 11.9 Å². The van der Waals surface area contributed by atoms with Gasteiger partial charge in [0.15, 0.2) is 10.8 Å². The van der Waals surface area contributed by atoms with E-state index in [-0.39, 0.29) is 18.0 Å². The number of rotatable bonds is 7. The van der Waals surface area contributed by atoms with Crippen LogP contribution in [0.2, 0.25) is 5.02 Å². The van der Waals surface area contributed by atoms with Crippen LogP contribution < -0.4 is 10.0 Å². The van der Waals surface area contributed by atoms with E-state index >= 15 is 0 Å². The summed E-state index contributed by atoms with van der Waals surface area (Å²) < 4.78 is 68.0. The fourth-order valence-corrected chi connectivity index (χ4v) is 7.04. The van der Waals surface area contributed by atoms with Crippen molar-refractivity contribution in [3.8, 4) is 0 Å². The van der Waals surface area contributed by atoms with E-state index in [4.69, 9.17) is 16.6 Å². The fraction of sp³-hybridized carbons (Fsp3) is 0.333. The van der Waals surface area contributed by atoms with Gasteiger partial charge < -0.3 is 10.2 Å². The number of benzene rings is 1. The summed E-state index contributed by atoms with van der Waals surface area (Å²) in [7, 11) is -3.76. The average molecular weight is 612 g/mol. The van der Waals surface area contributed by atoms with Crippen molar-refractivity contribution in [2.75, 3.05) is 6.54 Å². The average Bonchev–Trinajstić information content (AvgIpc) is 3.26. The van der Waals surface area contributed by atoms with E-state index in [1.807, 2.05) is 4.90 Å². The largest absolute Gasteiger partial charge is 0.333 e. The monoisotopic (exact) mass is 611 g/mol. The number of amides is 2. The smallest absolute Gasteiger partial charge is 0.332 e. The van der Waals surface area contributed by atoms with Crippen LogP contribution in [0, 0.1) is 5.82 Å². The fourth-order valence-electron chi connectivity index (χ4n) is 4.89. The minimum Gasteiger partial charge on any atom is -0.332 e. The topological polar surface area (TPSA) is 122 Å². The van der Waals surface area contributed by atoms with Gasteiger partial charge in [0, 0.05) is 52.6 Å². The highest BCUT2D eigenvalue weighted by Gasteiger charge is 2.42. The SMILES string of the molecule is O=C(N[C@H]1CC2=C(c3cnn(C(F)F)c3)[C@H](c3ccc(F)cc3Cl)N=C(c3nccs3)N2C1)NS(=O)(=O)C1CC1. The number of amidine groups is 1. The third-order valence-electron chi connectivity index (χ3n) is 6.79. The number of fused-ring (bicyclic) bond motifs is 1. The number of nitrogens with zero attached hydrogens (tertiary/aromatic N) is 5. The van der Waals surface area contributed by atoms with E-state index in [1.54, 1.807) is 11.6 Å². The summed E-state index contributed by atoms with van der Waals surface area (Å²) in [5.41, 5.74) is 1.91. The summed E-state index contributed by atoms with van der Waals surface area (Å²) in [4.78, 5) is 23.8. The lowest BCUT2D eigenvalue weighted by Gasteiger charge is -2.32. The van der Waals surface area contributed by atoms with E-state index in [0.29, 0.717) is 50.8 Å². The molecular formula is C24H21ClF3N7O3S2. The van der Waals surface area contributed by atoms with E-state index in [1.165, 1.54) is 35.9 Å². The summed E-state index contributed by atoms with van der Waals surface area (Å²) in [6, 6.07) is 1.63. The Morgan fingerprint density at radius 1 is 1.25 bits per heavy atom. The molecule has 2 aliphatic heterocycles. The second-order valence-electron chi connectivity index (χ2n) is 9.54. The van der Waals surface area contributed by atoms with Gasteiger partial charge in [0.05, 0.1) is 17.5 Å². The Bertz CT molecular complexity index is 1640. The van der Waals surface area contributed by atoms with Crippen LogP contribution >= 0.6 is 22.9 Å². The standard InChI is InChI=1S/C24H21ClF3N7O3S2/c25-17-7-13(26)1-4-16(17)20-19(12-9-30-35(10-12)23(27)28)18-8-14(31-24(36)33-40(37,38)15-2-3-15)11-34(18)21(32-20)22-29-5-6-39-22/h1,4-7,9-10,14-15,20,23H,2-3,8,11H2,(H2,31,33,36)/t14-,20-/m0/s1. The lowest BCUT2D eigenvalue weighted by atomic mass is 9.90. The molecule has 3 aliphatic rings. The third kappa shape index (κ3) is 5.08. The van der Waals surface area contributed by atoms with Gasteiger partial charge >= 0.3 is 12.6 Å². The number of carbonyl (C=O) groups is 1. The number of halogens is 4. The van der Waals surface area contributed by atoms with E-state index < -0.39 is 45.8 Å². The molecule has 0 unspecified atom stereocenters. The number of carbonyl (C=O) groups excluding carboxylic acids is 1. The summed E-state index contributed by atoms with van der Waals surface area (Å²) in [6.07, 6.45) is 5.31. The molecule has 2 N–H and O–H groups in total. The quantitative estimate of drug-likeness (QED) is 0.411. The molecule has 1 aliphatic carbocycles. The van der Waals surface area contributed by atoms with Crippen molar-refractivity contribution in [2.24, 2.45) is 4.99 Å². The highest BCUT2D eigenvalue weighted by atomic mass is 35.5. The van der Waals surface area contributed by atoms with Crippen molar-refractivity contribution in [3.63, 3.8) is 0 Å². The zero-order chi connectivity index (χ0) is 28.2. The van der Waals surface area contributed by atoms with Gasteiger partial charge in [0.2, 0.25) is 10.0 Å². The zero-order valence-electron chi connectivity index (χ0n) is 20.5. The van der Waals surface area contributed by atoms with E-state index in [9.17, 15) is 26.4 Å². The molecule has 1 saturated carbocycles. The van der Waals surface area contributed by atoms with Gasteiger partial charge in [-0.3, -0.25) is 4.99 Å². The molecule has 2 atom stereocenters. The first kappa shape index (κ1) is 26.8. The Morgan fingerprint density at radius 2 is 2.05 bits per heavy atom. The maximum Gasteiger partial charge on any atom is 0.333 e. The second kappa shape index (κ2) is 10.2. The zero-order valence-corrected chi connectivity index (χ0v) is 22.9. The minimum atomic E-state index is -3.76. The summed E-state index contributed by atoms with van der Waals surface area (Å²) in [5, 5.41) is 8.35. The summed E-state index contributed by atoms with van der Waals surface area (Å²) >= 11 is 7.78. The molecule has 6 rings (SSSR count). The first-order valence-electron chi connectivity index (χ1n) is 12.2. The highest BCUT2D eigenvalue weighted by molar-refractivity contribution is 7.90. The van der Waals surface area contributed by atoms with Gasteiger partial charge in [-0.1, -0.05) is 17.7 Å². The minimum absolute atomic E-state index is 0.0948. The van der Waals surface area contributed by atoms with Crippen molar-refractivity contribution in [2.45, 2.75) is 43.1 Å². The van der Waals surface area contributed by atoms with Gasteiger partial charge in [-0.2, -0.15) is 13.9 Å². The molecular weight excluding hydrogens is 591 g/mol. The number of hydrogen-bond donors (Lipinski definition) is 2. The van der Waals surface area contributed by atoms with Gasteiger partial charge in [0.25, 0.3) is 0 Å². The summed E-state index contributed by atoms with van der Waals surface area (Å²) in [6.45, 7) is -2.67. The first-order valence-corrected chi connectivity index (χ1v) is 15.0. The molecule has 1 aromatic carbocycles. The Morgan fingerprint density at radius 3 is 2.70 bits per heavy atom. The lowest BCUT2D eigenvalue weighted by molar-refractivity contribution is 0.0566. The number of nitrogens with one attached hydrogen (secondary N) is 2. The maximum absolute atomic E-state index is 14.0. The Hall–Kier alpha value is -3.43. The molecule has 0 radical (unpaired) electrons. The number of alkyl halides is 2. The molecule has 0 bridgehead atoms. The van der Waals surface area contributed by atoms with Gasteiger partial charge in [-0.15, -0.1) is 11.3 Å². The molecule has 3 aromatic rings. The Balaban J connectivity index is 1.43. The van der Waals surface area contributed by atoms with Crippen LogP contribution in [-0.4, -0.2) is 57.8 Å². The van der Waals surface area contributed by atoms with Crippen molar-refractivity contribution in [1.29, 1.82) is 0 Å². The summed E-state index contributed by atoms with van der Waals surface area (Å²) in [5.74, 6) is -0.0944. The number of hydrogen-bond acceptors (Lipinski definition) is 8. The molecule has 2 fully saturated rings. The van der Waals surface area contributed by atoms with Gasteiger partial charge in [-0.05, 0) is 30.5 Å². The molecule has 1 saturated heterocycles. The molecule has 16 heteroatoms. The van der Waals surface area contributed by atoms with Crippen LogP contribution in [0.5, 0.6) is 0 Å². The van der Waals surface area contributed by atoms with Crippen LogP contribution in [0.15, 0.2) is 52.9 Å². The molecule has 10 nitrogen and oxygen atoms in total. The second-order valence-corrected chi connectivity index (χ2v) is 12.8. The van der Waals surface area contributed by atoms with Crippen molar-refractivity contribution in [3.05, 3.63) is 74.8 Å². The van der Waals surface area contributed by atoms with Crippen molar-refractivity contribution >= 4 is 50.4 Å². The molecule has 4 heterocycles. The van der Waals surface area contributed by atoms with Crippen LogP contribution in [0.1, 0.15) is 48.0 Å². The van der Waals surface area contributed by atoms with Crippen molar-refractivity contribution < 1.29 is 26.4 Å². The molecule has 40 heavy (non-hydrogen) atoms. The lowest BCUT2D eigenvalue weighted by Crippen LogP contribution is -2.46. The van der Waals surface area contributed by atoms with Crippen LogP contribution in [0.4, 0.5) is 18.0 Å². The maximum atomic E-state index is 14.0. The van der Waals surface area contributed by atoms with E-state index in [0.717, 1.165) is 6.07 Å². The van der Waals surface area contributed by atoms with Gasteiger partial charge in [-0.25, -0.2) is 32.0 Å². The Kier molecular flexibility index (Phi) is 6.82. The number of urea groups is 1.